The molecule has 1 unspecified atom stereocenters. The fraction of sp³-hybridized carbons (Fsp3) is 0.846. The monoisotopic (exact) mass is 197 g/mol. The minimum Gasteiger partial charge on any atom is -0.314 e. The summed E-state index contributed by atoms with van der Waals surface area (Å²) >= 11 is 0. The fourth-order valence-corrected chi connectivity index (χ4v) is 1.66. The Morgan fingerprint density at radius 2 is 1.93 bits per heavy atom. The lowest BCUT2D eigenvalue weighted by molar-refractivity contribution is 0.437. The number of hydrogen-bond donors (Lipinski definition) is 1. The first-order valence-corrected chi connectivity index (χ1v) is 6.19. The Bertz CT molecular complexity index is 120. The summed E-state index contributed by atoms with van der Waals surface area (Å²) in [7, 11) is 0. The van der Waals surface area contributed by atoms with Gasteiger partial charge in [-0.15, -0.1) is 6.58 Å². The highest BCUT2D eigenvalue weighted by Crippen LogP contribution is 2.08. The first-order chi connectivity index (χ1) is 6.85. The van der Waals surface area contributed by atoms with Gasteiger partial charge in [0.1, 0.15) is 0 Å². The van der Waals surface area contributed by atoms with Crippen molar-refractivity contribution in [2.45, 2.75) is 64.8 Å². The predicted molar refractivity (Wildman–Crippen MR) is 65.7 cm³/mol. The minimum atomic E-state index is 0.722. The Morgan fingerprint density at radius 1 is 1.14 bits per heavy atom. The highest BCUT2D eigenvalue weighted by molar-refractivity contribution is 4.73. The van der Waals surface area contributed by atoms with Crippen LogP contribution in [-0.2, 0) is 0 Å². The summed E-state index contributed by atoms with van der Waals surface area (Å²) < 4.78 is 0. The maximum absolute atomic E-state index is 3.78. The third kappa shape index (κ3) is 8.31. The Hall–Kier alpha value is -0.300. The third-order valence-corrected chi connectivity index (χ3v) is 2.56. The number of hydrogen-bond acceptors (Lipinski definition) is 1. The zero-order chi connectivity index (χ0) is 10.6. The van der Waals surface area contributed by atoms with Crippen molar-refractivity contribution in [2.24, 2.45) is 0 Å². The minimum absolute atomic E-state index is 0.722. The molecule has 0 radical (unpaired) electrons. The van der Waals surface area contributed by atoms with Crippen molar-refractivity contribution in [1.82, 2.24) is 5.32 Å². The van der Waals surface area contributed by atoms with Gasteiger partial charge in [0.2, 0.25) is 0 Å². The molecule has 0 aliphatic rings. The number of allylic oxidation sites excluding steroid dienone is 1. The van der Waals surface area contributed by atoms with Gasteiger partial charge < -0.3 is 5.32 Å². The zero-order valence-electron chi connectivity index (χ0n) is 10.0. The van der Waals surface area contributed by atoms with Crippen molar-refractivity contribution >= 4 is 0 Å². The van der Waals surface area contributed by atoms with E-state index < -0.39 is 0 Å². The van der Waals surface area contributed by atoms with Crippen LogP contribution in [0.2, 0.25) is 0 Å². The van der Waals surface area contributed by atoms with Crippen LogP contribution in [0.1, 0.15) is 58.8 Å². The van der Waals surface area contributed by atoms with Crippen LogP contribution in [0.15, 0.2) is 12.7 Å². The number of nitrogens with one attached hydrogen (secondary N) is 1. The van der Waals surface area contributed by atoms with Crippen molar-refractivity contribution in [1.29, 1.82) is 0 Å². The molecule has 0 rings (SSSR count). The molecule has 1 nitrogen and oxygen atoms in total. The SMILES string of the molecule is C=CCCC(CCCCC)NCCC. The molecule has 84 valence electrons. The molecule has 0 spiro atoms. The molecular weight excluding hydrogens is 170 g/mol. The van der Waals surface area contributed by atoms with Gasteiger partial charge in [-0.2, -0.15) is 0 Å². The Morgan fingerprint density at radius 3 is 2.50 bits per heavy atom. The first-order valence-electron chi connectivity index (χ1n) is 6.19. The van der Waals surface area contributed by atoms with E-state index >= 15 is 0 Å². The van der Waals surface area contributed by atoms with Crippen LogP contribution in [0.4, 0.5) is 0 Å². The molecule has 0 saturated carbocycles. The normalized spacial score (nSPS) is 12.7. The van der Waals surface area contributed by atoms with E-state index in [1.54, 1.807) is 0 Å². The molecule has 0 aliphatic heterocycles. The maximum atomic E-state index is 3.78. The summed E-state index contributed by atoms with van der Waals surface area (Å²) in [6.07, 6.45) is 11.1. The van der Waals surface area contributed by atoms with E-state index in [1.165, 1.54) is 38.5 Å². The lowest BCUT2D eigenvalue weighted by Crippen LogP contribution is -2.29. The van der Waals surface area contributed by atoms with Gasteiger partial charge in [0.05, 0.1) is 0 Å². The quantitative estimate of drug-likeness (QED) is 0.414. The largest absolute Gasteiger partial charge is 0.314 e. The second-order valence-corrected chi connectivity index (χ2v) is 4.01. The fourth-order valence-electron chi connectivity index (χ4n) is 1.66. The smallest absolute Gasteiger partial charge is 0.00700 e. The van der Waals surface area contributed by atoms with Crippen LogP contribution in [0.3, 0.4) is 0 Å². The second kappa shape index (κ2) is 10.8. The topological polar surface area (TPSA) is 12.0 Å². The van der Waals surface area contributed by atoms with Gasteiger partial charge in [0.25, 0.3) is 0 Å². The molecule has 0 bridgehead atoms. The van der Waals surface area contributed by atoms with Crippen LogP contribution in [0, 0.1) is 0 Å². The van der Waals surface area contributed by atoms with Crippen LogP contribution in [0.5, 0.6) is 0 Å². The van der Waals surface area contributed by atoms with Crippen molar-refractivity contribution in [2.75, 3.05) is 6.54 Å². The third-order valence-electron chi connectivity index (χ3n) is 2.56. The average Bonchev–Trinajstić information content (AvgIpc) is 2.21. The zero-order valence-corrected chi connectivity index (χ0v) is 10.0. The molecule has 0 aliphatic carbocycles. The lowest BCUT2D eigenvalue weighted by Gasteiger charge is -2.17. The molecule has 0 saturated heterocycles. The molecule has 1 atom stereocenters. The van der Waals surface area contributed by atoms with Gasteiger partial charge >= 0.3 is 0 Å². The molecule has 0 aromatic rings. The van der Waals surface area contributed by atoms with E-state index in [-0.39, 0.29) is 0 Å². The van der Waals surface area contributed by atoms with E-state index in [4.69, 9.17) is 0 Å². The van der Waals surface area contributed by atoms with Gasteiger partial charge in [-0.05, 0) is 32.2 Å². The summed E-state index contributed by atoms with van der Waals surface area (Å²) in [6, 6.07) is 0.722. The lowest BCUT2D eigenvalue weighted by atomic mass is 10.0. The van der Waals surface area contributed by atoms with E-state index in [0.29, 0.717) is 0 Å². The Labute approximate surface area is 90.0 Å². The molecule has 1 heteroatoms. The first kappa shape index (κ1) is 13.7. The number of rotatable bonds is 10. The van der Waals surface area contributed by atoms with Crippen molar-refractivity contribution in [3.8, 4) is 0 Å². The van der Waals surface area contributed by atoms with Gasteiger partial charge in [0, 0.05) is 6.04 Å². The molecule has 0 aromatic carbocycles. The van der Waals surface area contributed by atoms with Crippen LogP contribution in [-0.4, -0.2) is 12.6 Å². The molecule has 1 N–H and O–H groups in total. The summed E-state index contributed by atoms with van der Waals surface area (Å²) in [6.45, 7) is 9.43. The molecule has 0 heterocycles. The van der Waals surface area contributed by atoms with Crippen LogP contribution >= 0.6 is 0 Å². The van der Waals surface area contributed by atoms with Crippen LogP contribution < -0.4 is 5.32 Å². The van der Waals surface area contributed by atoms with E-state index in [1.807, 2.05) is 6.08 Å². The van der Waals surface area contributed by atoms with Crippen molar-refractivity contribution in [3.63, 3.8) is 0 Å². The standard InChI is InChI=1S/C13H27N/c1-4-7-9-11-13(10-8-5-2)14-12-6-3/h5,13-14H,2,4,6-12H2,1,3H3. The highest BCUT2D eigenvalue weighted by Gasteiger charge is 2.05. The van der Waals surface area contributed by atoms with Gasteiger partial charge in [-0.1, -0.05) is 39.2 Å². The van der Waals surface area contributed by atoms with Crippen molar-refractivity contribution in [3.05, 3.63) is 12.7 Å². The number of unbranched alkanes of at least 4 members (excludes halogenated alkanes) is 2. The molecule has 0 amide bonds. The maximum Gasteiger partial charge on any atom is 0.00700 e. The summed E-state index contributed by atoms with van der Waals surface area (Å²) in [5.74, 6) is 0. The van der Waals surface area contributed by atoms with Crippen LogP contribution in [0.25, 0.3) is 0 Å². The van der Waals surface area contributed by atoms with Crippen molar-refractivity contribution < 1.29 is 0 Å². The van der Waals surface area contributed by atoms with E-state index in [9.17, 15) is 0 Å². The van der Waals surface area contributed by atoms with Gasteiger partial charge in [-0.3, -0.25) is 0 Å². The molecule has 0 fully saturated rings. The predicted octanol–water partition coefficient (Wildman–Crippen LogP) is 3.90. The van der Waals surface area contributed by atoms with E-state index in [0.717, 1.165) is 19.0 Å². The summed E-state index contributed by atoms with van der Waals surface area (Å²) in [4.78, 5) is 0. The average molecular weight is 197 g/mol. The Balaban J connectivity index is 3.54. The summed E-state index contributed by atoms with van der Waals surface area (Å²) in [5, 5.41) is 3.62. The molecule has 0 aromatic heterocycles. The second-order valence-electron chi connectivity index (χ2n) is 4.01. The van der Waals surface area contributed by atoms with Gasteiger partial charge in [-0.25, -0.2) is 0 Å². The van der Waals surface area contributed by atoms with Gasteiger partial charge in [0.15, 0.2) is 0 Å². The van der Waals surface area contributed by atoms with E-state index in [2.05, 4.69) is 25.7 Å². The summed E-state index contributed by atoms with van der Waals surface area (Å²) in [5.41, 5.74) is 0. The highest BCUT2D eigenvalue weighted by atomic mass is 14.9. The molecular formula is C13H27N. The molecule has 14 heavy (non-hydrogen) atoms. The Kier molecular flexibility index (Phi) is 10.5.